The Kier molecular flexibility index (Phi) is 5.73. The van der Waals surface area contributed by atoms with Crippen molar-refractivity contribution < 1.29 is 0 Å². The summed E-state index contributed by atoms with van der Waals surface area (Å²) in [6, 6.07) is 2.28. The summed E-state index contributed by atoms with van der Waals surface area (Å²) in [7, 11) is 0. The molecular weight excluding hydrogens is 274 g/mol. The van der Waals surface area contributed by atoms with Crippen LogP contribution in [0.15, 0.2) is 6.07 Å². The summed E-state index contributed by atoms with van der Waals surface area (Å²) >= 11 is 7.94. The summed E-state index contributed by atoms with van der Waals surface area (Å²) in [5, 5.41) is 3.49. The number of aryl methyl sites for hydroxylation is 2. The maximum Gasteiger partial charge on any atom is 0.0960 e. The Bertz CT molecular complexity index is 374. The summed E-state index contributed by atoms with van der Waals surface area (Å²) in [6.07, 6.45) is 9.61. The molecule has 0 aromatic carbocycles. The molecule has 0 amide bonds. The summed E-state index contributed by atoms with van der Waals surface area (Å²) < 4.78 is 0.975. The molecule has 1 aliphatic carbocycles. The van der Waals surface area contributed by atoms with Crippen LogP contribution in [0.5, 0.6) is 0 Å². The van der Waals surface area contributed by atoms with Gasteiger partial charge in [0.15, 0.2) is 0 Å². The van der Waals surface area contributed by atoms with Crippen LogP contribution in [0.25, 0.3) is 0 Å². The standard InChI is InChI=1S/C16H26ClNS/c1-3-18-11-10-16(7-4-5-8-16)9-6-14-12-13(2)15(17)19-14/h12,18H,3-11H2,1-2H3. The fourth-order valence-corrected chi connectivity index (χ4v) is 4.56. The van der Waals surface area contributed by atoms with Gasteiger partial charge in [-0.1, -0.05) is 31.4 Å². The van der Waals surface area contributed by atoms with Crippen molar-refractivity contribution in [1.82, 2.24) is 5.32 Å². The van der Waals surface area contributed by atoms with Crippen LogP contribution in [0.2, 0.25) is 4.34 Å². The van der Waals surface area contributed by atoms with Crippen molar-refractivity contribution >= 4 is 22.9 Å². The second kappa shape index (κ2) is 7.10. The van der Waals surface area contributed by atoms with E-state index in [1.54, 1.807) is 11.3 Å². The van der Waals surface area contributed by atoms with Crippen molar-refractivity contribution in [2.45, 2.75) is 58.8 Å². The number of rotatable bonds is 7. The molecule has 1 aliphatic rings. The fraction of sp³-hybridized carbons (Fsp3) is 0.750. The van der Waals surface area contributed by atoms with Crippen LogP contribution in [-0.4, -0.2) is 13.1 Å². The first-order valence-electron chi connectivity index (χ1n) is 7.61. The highest BCUT2D eigenvalue weighted by Gasteiger charge is 2.32. The molecule has 19 heavy (non-hydrogen) atoms. The maximum absolute atomic E-state index is 6.17. The minimum Gasteiger partial charge on any atom is -0.317 e. The van der Waals surface area contributed by atoms with Gasteiger partial charge in [-0.3, -0.25) is 0 Å². The smallest absolute Gasteiger partial charge is 0.0960 e. The van der Waals surface area contributed by atoms with E-state index in [4.69, 9.17) is 11.6 Å². The molecule has 0 saturated heterocycles. The van der Waals surface area contributed by atoms with Crippen molar-refractivity contribution in [2.24, 2.45) is 5.41 Å². The lowest BCUT2D eigenvalue weighted by Crippen LogP contribution is -2.25. The van der Waals surface area contributed by atoms with E-state index in [0.29, 0.717) is 5.41 Å². The zero-order valence-electron chi connectivity index (χ0n) is 12.2. The minimum absolute atomic E-state index is 0.604. The minimum atomic E-state index is 0.604. The van der Waals surface area contributed by atoms with Gasteiger partial charge in [0.05, 0.1) is 4.34 Å². The molecule has 0 atom stereocenters. The highest BCUT2D eigenvalue weighted by atomic mass is 35.5. The quantitative estimate of drug-likeness (QED) is 0.682. The monoisotopic (exact) mass is 299 g/mol. The van der Waals surface area contributed by atoms with Crippen LogP contribution in [0.3, 0.4) is 0 Å². The Morgan fingerprint density at radius 1 is 1.32 bits per heavy atom. The molecule has 0 bridgehead atoms. The largest absolute Gasteiger partial charge is 0.317 e. The molecule has 2 rings (SSSR count). The van der Waals surface area contributed by atoms with Crippen molar-refractivity contribution in [2.75, 3.05) is 13.1 Å². The molecule has 1 N–H and O–H groups in total. The first kappa shape index (κ1) is 15.3. The fourth-order valence-electron chi connectivity index (χ4n) is 3.32. The molecule has 3 heteroatoms. The molecule has 1 fully saturated rings. The topological polar surface area (TPSA) is 12.0 Å². The Morgan fingerprint density at radius 3 is 2.63 bits per heavy atom. The molecule has 1 saturated carbocycles. The van der Waals surface area contributed by atoms with Gasteiger partial charge in [0.1, 0.15) is 0 Å². The van der Waals surface area contributed by atoms with E-state index in [2.05, 4.69) is 25.2 Å². The van der Waals surface area contributed by atoms with Gasteiger partial charge < -0.3 is 5.32 Å². The highest BCUT2D eigenvalue weighted by molar-refractivity contribution is 7.16. The third kappa shape index (κ3) is 4.21. The van der Waals surface area contributed by atoms with Crippen LogP contribution < -0.4 is 5.32 Å². The van der Waals surface area contributed by atoms with Crippen LogP contribution in [-0.2, 0) is 6.42 Å². The van der Waals surface area contributed by atoms with Crippen LogP contribution in [0.4, 0.5) is 0 Å². The molecule has 0 spiro atoms. The molecule has 1 nitrogen and oxygen atoms in total. The van der Waals surface area contributed by atoms with Crippen molar-refractivity contribution in [1.29, 1.82) is 0 Å². The summed E-state index contributed by atoms with van der Waals surface area (Å²) in [4.78, 5) is 1.47. The van der Waals surface area contributed by atoms with E-state index in [1.807, 2.05) is 0 Å². The predicted molar refractivity (Wildman–Crippen MR) is 86.4 cm³/mol. The third-order valence-corrected chi connectivity index (χ3v) is 6.17. The second-order valence-electron chi connectivity index (χ2n) is 5.98. The first-order chi connectivity index (χ1) is 9.15. The Morgan fingerprint density at radius 2 is 2.05 bits per heavy atom. The van der Waals surface area contributed by atoms with Crippen molar-refractivity contribution in [3.8, 4) is 0 Å². The number of hydrogen-bond acceptors (Lipinski definition) is 2. The van der Waals surface area contributed by atoms with E-state index in [1.165, 1.54) is 61.9 Å². The van der Waals surface area contributed by atoms with E-state index in [9.17, 15) is 0 Å². The first-order valence-corrected chi connectivity index (χ1v) is 8.80. The highest BCUT2D eigenvalue weighted by Crippen LogP contribution is 2.45. The average molecular weight is 300 g/mol. The van der Waals surface area contributed by atoms with Gasteiger partial charge in [-0.05, 0) is 69.2 Å². The molecule has 0 aliphatic heterocycles. The van der Waals surface area contributed by atoms with E-state index < -0.39 is 0 Å². The number of hydrogen-bond donors (Lipinski definition) is 1. The zero-order chi connectivity index (χ0) is 13.7. The Labute approximate surface area is 126 Å². The molecule has 108 valence electrons. The molecule has 1 heterocycles. The maximum atomic E-state index is 6.17. The Balaban J connectivity index is 1.89. The van der Waals surface area contributed by atoms with Gasteiger partial charge in [0.2, 0.25) is 0 Å². The van der Waals surface area contributed by atoms with Gasteiger partial charge in [-0.15, -0.1) is 11.3 Å². The lowest BCUT2D eigenvalue weighted by Gasteiger charge is -2.29. The van der Waals surface area contributed by atoms with Crippen molar-refractivity contribution in [3.63, 3.8) is 0 Å². The summed E-state index contributed by atoms with van der Waals surface area (Å²) in [6.45, 7) is 6.58. The van der Waals surface area contributed by atoms with Gasteiger partial charge in [-0.25, -0.2) is 0 Å². The molecule has 0 radical (unpaired) electrons. The van der Waals surface area contributed by atoms with E-state index >= 15 is 0 Å². The SMILES string of the molecule is CCNCCC1(CCc2cc(C)c(Cl)s2)CCCC1. The molecule has 0 unspecified atom stereocenters. The lowest BCUT2D eigenvalue weighted by atomic mass is 9.78. The van der Waals surface area contributed by atoms with E-state index in [-0.39, 0.29) is 0 Å². The van der Waals surface area contributed by atoms with Crippen LogP contribution in [0, 0.1) is 12.3 Å². The van der Waals surface area contributed by atoms with Gasteiger partial charge in [-0.2, -0.15) is 0 Å². The molecule has 1 aromatic heterocycles. The van der Waals surface area contributed by atoms with Gasteiger partial charge in [0, 0.05) is 4.88 Å². The summed E-state index contributed by atoms with van der Waals surface area (Å²) in [5.41, 5.74) is 1.85. The van der Waals surface area contributed by atoms with E-state index in [0.717, 1.165) is 10.9 Å². The Hall–Kier alpha value is -0.0500. The average Bonchev–Trinajstić information content (AvgIpc) is 2.97. The van der Waals surface area contributed by atoms with Crippen LogP contribution >= 0.6 is 22.9 Å². The molecule has 1 aromatic rings. The normalized spacial score (nSPS) is 18.1. The number of nitrogens with one attached hydrogen (secondary N) is 1. The summed E-state index contributed by atoms with van der Waals surface area (Å²) in [5.74, 6) is 0. The lowest BCUT2D eigenvalue weighted by molar-refractivity contribution is 0.246. The van der Waals surface area contributed by atoms with Gasteiger partial charge >= 0.3 is 0 Å². The van der Waals surface area contributed by atoms with Gasteiger partial charge in [0.25, 0.3) is 0 Å². The predicted octanol–water partition coefficient (Wildman–Crippen LogP) is 5.20. The number of halogens is 1. The zero-order valence-corrected chi connectivity index (χ0v) is 13.8. The van der Waals surface area contributed by atoms with Crippen LogP contribution in [0.1, 0.15) is 55.9 Å². The van der Waals surface area contributed by atoms with Crippen molar-refractivity contribution in [3.05, 3.63) is 20.8 Å². The molecular formula is C16H26ClNS. The third-order valence-electron chi connectivity index (χ3n) is 4.56. The number of thiophene rings is 1. The second-order valence-corrected chi connectivity index (χ2v) is 7.72.